The number of rotatable bonds is 7. The van der Waals surface area contributed by atoms with E-state index < -0.39 is 22.4 Å². The van der Waals surface area contributed by atoms with E-state index in [0.717, 1.165) is 11.1 Å². The van der Waals surface area contributed by atoms with E-state index in [0.29, 0.717) is 11.3 Å². The first-order valence-corrected chi connectivity index (χ1v) is 10.8. The number of carbonyl (C=O) groups excluding carboxylic acids is 1. The molecule has 0 fully saturated rings. The van der Waals surface area contributed by atoms with Gasteiger partial charge in [-0.1, -0.05) is 39.0 Å². The molecule has 8 nitrogen and oxygen atoms in total. The molecule has 4 rings (SSSR count). The molecule has 0 aliphatic heterocycles. The van der Waals surface area contributed by atoms with Gasteiger partial charge in [0.25, 0.3) is 16.8 Å². The van der Waals surface area contributed by atoms with Crippen LogP contribution in [0.1, 0.15) is 31.1 Å². The molecule has 0 saturated heterocycles. The molecule has 0 bridgehead atoms. The summed E-state index contributed by atoms with van der Waals surface area (Å²) in [7, 11) is 0. The largest absolute Gasteiger partial charge is 0.360 e. The maximum absolute atomic E-state index is 13.1. The Morgan fingerprint density at radius 2 is 1.53 bits per heavy atom. The SMILES string of the molecule is CC(C)(C)C(NC(=O)c1cccc(-c2cccnc2)c1)Nc1c(Nc2cccnc2)c(=O)c1=O. The van der Waals surface area contributed by atoms with E-state index in [4.69, 9.17) is 0 Å². The van der Waals surface area contributed by atoms with Gasteiger partial charge < -0.3 is 16.0 Å². The molecule has 2 aromatic carbocycles. The van der Waals surface area contributed by atoms with E-state index >= 15 is 0 Å². The topological polar surface area (TPSA) is 113 Å². The minimum absolute atomic E-state index is 0.137. The Morgan fingerprint density at radius 3 is 2.18 bits per heavy atom. The van der Waals surface area contributed by atoms with Gasteiger partial charge in [0.05, 0.1) is 11.9 Å². The van der Waals surface area contributed by atoms with Gasteiger partial charge in [-0.3, -0.25) is 24.4 Å². The molecule has 0 saturated carbocycles. The Morgan fingerprint density at radius 1 is 0.853 bits per heavy atom. The zero-order valence-electron chi connectivity index (χ0n) is 19.1. The van der Waals surface area contributed by atoms with Crippen molar-refractivity contribution in [1.82, 2.24) is 15.3 Å². The lowest BCUT2D eigenvalue weighted by molar-refractivity contribution is 0.0913. The van der Waals surface area contributed by atoms with Gasteiger partial charge in [0.15, 0.2) is 0 Å². The van der Waals surface area contributed by atoms with Gasteiger partial charge in [-0.15, -0.1) is 0 Å². The summed E-state index contributed by atoms with van der Waals surface area (Å²) in [6, 6.07) is 14.5. The number of anilines is 3. The highest BCUT2D eigenvalue weighted by Crippen LogP contribution is 2.26. The first kappa shape index (κ1) is 22.8. The minimum Gasteiger partial charge on any atom is -0.360 e. The Hall–Kier alpha value is -4.33. The van der Waals surface area contributed by atoms with E-state index in [1.165, 1.54) is 0 Å². The summed E-state index contributed by atoms with van der Waals surface area (Å²) in [5.74, 6) is -0.307. The van der Waals surface area contributed by atoms with Gasteiger partial charge in [0.1, 0.15) is 17.5 Å². The number of benzene rings is 1. The standard InChI is InChI=1S/C26H25N5O3/c1-26(2,3)25(30-21-20(22(32)23(21)33)29-19-10-6-12-28-15-19)31-24(34)17-8-4-7-16(13-17)18-9-5-11-27-14-18/h4-15,25,29-30H,1-3H3,(H,31,34). The lowest BCUT2D eigenvalue weighted by Gasteiger charge is -2.33. The van der Waals surface area contributed by atoms with Crippen molar-refractivity contribution in [3.8, 4) is 11.1 Å². The molecule has 1 atom stereocenters. The highest BCUT2D eigenvalue weighted by molar-refractivity contribution is 5.96. The number of aromatic nitrogens is 2. The summed E-state index contributed by atoms with van der Waals surface area (Å²) in [6.07, 6.45) is 5.97. The molecule has 34 heavy (non-hydrogen) atoms. The Bertz CT molecular complexity index is 1370. The molecule has 0 radical (unpaired) electrons. The molecule has 172 valence electrons. The molecular weight excluding hydrogens is 430 g/mol. The highest BCUT2D eigenvalue weighted by atomic mass is 16.2. The van der Waals surface area contributed by atoms with Crippen molar-refractivity contribution in [2.45, 2.75) is 26.9 Å². The van der Waals surface area contributed by atoms with Gasteiger partial charge in [-0.2, -0.15) is 0 Å². The van der Waals surface area contributed by atoms with Crippen molar-refractivity contribution in [1.29, 1.82) is 0 Å². The van der Waals surface area contributed by atoms with Gasteiger partial charge in [0, 0.05) is 35.1 Å². The van der Waals surface area contributed by atoms with Gasteiger partial charge in [0.2, 0.25) is 0 Å². The molecule has 2 aromatic heterocycles. The molecule has 0 aliphatic rings. The van der Waals surface area contributed by atoms with Crippen molar-refractivity contribution in [3.05, 3.63) is 99.3 Å². The van der Waals surface area contributed by atoms with Gasteiger partial charge >= 0.3 is 0 Å². The van der Waals surface area contributed by atoms with Crippen LogP contribution in [0.25, 0.3) is 11.1 Å². The Labute approximate surface area is 196 Å². The van der Waals surface area contributed by atoms with Crippen molar-refractivity contribution in [3.63, 3.8) is 0 Å². The number of amides is 1. The summed E-state index contributed by atoms with van der Waals surface area (Å²) in [5.41, 5.74) is 1.39. The van der Waals surface area contributed by atoms with Crippen LogP contribution in [0.2, 0.25) is 0 Å². The summed E-state index contributed by atoms with van der Waals surface area (Å²) in [5, 5.41) is 8.98. The predicted molar refractivity (Wildman–Crippen MR) is 133 cm³/mol. The van der Waals surface area contributed by atoms with Crippen molar-refractivity contribution in [2.24, 2.45) is 5.41 Å². The van der Waals surface area contributed by atoms with E-state index in [1.54, 1.807) is 49.1 Å². The molecule has 0 spiro atoms. The first-order chi connectivity index (χ1) is 16.2. The molecule has 3 N–H and O–H groups in total. The maximum Gasteiger partial charge on any atom is 0.253 e. The van der Waals surface area contributed by atoms with Crippen LogP contribution in [-0.2, 0) is 0 Å². The average molecular weight is 456 g/mol. The second kappa shape index (κ2) is 9.27. The summed E-state index contributed by atoms with van der Waals surface area (Å²) >= 11 is 0. The molecule has 1 amide bonds. The highest BCUT2D eigenvalue weighted by Gasteiger charge is 2.31. The molecule has 0 aliphatic carbocycles. The van der Waals surface area contributed by atoms with Crippen molar-refractivity contribution >= 4 is 23.0 Å². The molecule has 1 unspecified atom stereocenters. The van der Waals surface area contributed by atoms with Crippen LogP contribution in [0, 0.1) is 5.41 Å². The summed E-state index contributed by atoms with van der Waals surface area (Å²) in [4.78, 5) is 45.8. The molecule has 8 heteroatoms. The second-order valence-corrected chi connectivity index (χ2v) is 9.01. The molecule has 4 aromatic rings. The third kappa shape index (κ3) is 4.85. The Kier molecular flexibility index (Phi) is 6.23. The number of hydrogen-bond donors (Lipinski definition) is 3. The van der Waals surface area contributed by atoms with Gasteiger partial charge in [-0.25, -0.2) is 0 Å². The second-order valence-electron chi connectivity index (χ2n) is 9.01. The van der Waals surface area contributed by atoms with Crippen LogP contribution in [-0.4, -0.2) is 22.0 Å². The number of hydrogen-bond acceptors (Lipinski definition) is 7. The zero-order valence-corrected chi connectivity index (χ0v) is 19.1. The quantitative estimate of drug-likeness (QED) is 0.288. The van der Waals surface area contributed by atoms with Crippen LogP contribution in [0.15, 0.2) is 82.9 Å². The van der Waals surface area contributed by atoms with E-state index in [9.17, 15) is 14.4 Å². The zero-order chi connectivity index (χ0) is 24.3. The summed E-state index contributed by atoms with van der Waals surface area (Å²) < 4.78 is 0. The third-order valence-corrected chi connectivity index (χ3v) is 5.39. The predicted octanol–water partition coefficient (Wildman–Crippen LogP) is 3.70. The summed E-state index contributed by atoms with van der Waals surface area (Å²) in [6.45, 7) is 5.78. The average Bonchev–Trinajstić information content (AvgIpc) is 2.85. The van der Waals surface area contributed by atoms with Crippen LogP contribution < -0.4 is 26.8 Å². The van der Waals surface area contributed by atoms with E-state index in [2.05, 4.69) is 25.9 Å². The maximum atomic E-state index is 13.1. The fraction of sp³-hybridized carbons (Fsp3) is 0.192. The smallest absolute Gasteiger partial charge is 0.253 e. The number of nitrogens with zero attached hydrogens (tertiary/aromatic N) is 2. The fourth-order valence-electron chi connectivity index (χ4n) is 3.43. The third-order valence-electron chi connectivity index (χ3n) is 5.39. The van der Waals surface area contributed by atoms with Crippen LogP contribution in [0.3, 0.4) is 0 Å². The molecular formula is C26H25N5O3. The van der Waals surface area contributed by atoms with Gasteiger partial charge in [-0.05, 0) is 35.9 Å². The lowest BCUT2D eigenvalue weighted by Crippen LogP contribution is -2.51. The number of carbonyl (C=O) groups is 1. The normalized spacial score (nSPS) is 12.2. The Balaban J connectivity index is 1.56. The number of pyridine rings is 2. The van der Waals surface area contributed by atoms with Crippen molar-refractivity contribution < 1.29 is 4.79 Å². The lowest BCUT2D eigenvalue weighted by atomic mass is 9.91. The van der Waals surface area contributed by atoms with Crippen molar-refractivity contribution in [2.75, 3.05) is 10.6 Å². The fourth-order valence-corrected chi connectivity index (χ4v) is 3.43. The first-order valence-electron chi connectivity index (χ1n) is 10.8. The van der Waals surface area contributed by atoms with Crippen LogP contribution in [0.4, 0.5) is 17.1 Å². The van der Waals surface area contributed by atoms with E-state index in [1.807, 2.05) is 45.0 Å². The number of nitrogens with one attached hydrogen (secondary N) is 3. The molecule has 2 heterocycles. The van der Waals surface area contributed by atoms with E-state index in [-0.39, 0.29) is 17.3 Å². The van der Waals surface area contributed by atoms with Crippen LogP contribution in [0.5, 0.6) is 0 Å². The monoisotopic (exact) mass is 455 g/mol. The minimum atomic E-state index is -0.631. The van der Waals surface area contributed by atoms with Crippen LogP contribution >= 0.6 is 0 Å².